The summed E-state index contributed by atoms with van der Waals surface area (Å²) < 4.78 is 7.76. The minimum atomic E-state index is 0.430. The molecule has 0 spiro atoms. The van der Waals surface area contributed by atoms with E-state index in [4.69, 9.17) is 26.6 Å². The van der Waals surface area contributed by atoms with Gasteiger partial charge in [-0.15, -0.1) is 22.7 Å². The summed E-state index contributed by atoms with van der Waals surface area (Å²) in [5, 5.41) is 25.3. The Kier molecular flexibility index (Phi) is 12.7. The largest absolute Gasteiger partial charge is 0.354 e. The molecule has 16 aromatic carbocycles. The molecule has 0 atom stereocenters. The van der Waals surface area contributed by atoms with Crippen molar-refractivity contribution >= 4 is 205 Å². The highest BCUT2D eigenvalue weighted by atomic mass is 35.5. The Labute approximate surface area is 567 Å². The van der Waals surface area contributed by atoms with Gasteiger partial charge in [-0.2, -0.15) is 0 Å². The summed E-state index contributed by atoms with van der Waals surface area (Å²) in [5.41, 5.74) is 11.9. The number of H-pyrrole nitrogens is 1. The molecule has 0 aliphatic rings. The van der Waals surface area contributed by atoms with Crippen molar-refractivity contribution in [2.24, 2.45) is 0 Å². The molecule has 6 heterocycles. The minimum absolute atomic E-state index is 0.430. The summed E-state index contributed by atoms with van der Waals surface area (Å²) in [6.45, 7) is 0. The van der Waals surface area contributed by atoms with E-state index in [0.717, 1.165) is 82.8 Å². The number of thiophene rings is 2. The first-order chi connectivity index (χ1) is 48.0. The first-order valence-corrected chi connectivity index (χ1v) is 34.5. The van der Waals surface area contributed by atoms with Gasteiger partial charge in [0.05, 0.1) is 38.6 Å². The van der Waals surface area contributed by atoms with Crippen LogP contribution in [0.3, 0.4) is 0 Å². The number of nitrogens with one attached hydrogen (secondary N) is 1. The van der Waals surface area contributed by atoms with Crippen LogP contribution in [0, 0.1) is 0 Å². The van der Waals surface area contributed by atoms with Crippen LogP contribution in [-0.2, 0) is 0 Å². The normalized spacial score (nSPS) is 12.0. The van der Waals surface area contributed by atoms with E-state index in [1.165, 1.54) is 116 Å². The Balaban J connectivity index is 0.000000110. The second kappa shape index (κ2) is 22.1. The van der Waals surface area contributed by atoms with Gasteiger partial charge in [-0.1, -0.05) is 266 Å². The number of aromatic nitrogens is 6. The maximum Gasteiger partial charge on any atom is 0.165 e. The Bertz CT molecular complexity index is 7060. The summed E-state index contributed by atoms with van der Waals surface area (Å²) in [4.78, 5) is 24.2. The van der Waals surface area contributed by atoms with E-state index >= 15 is 0 Å². The third-order valence-corrected chi connectivity index (χ3v) is 22.1. The summed E-state index contributed by atoms with van der Waals surface area (Å²) >= 11 is 10.3. The lowest BCUT2D eigenvalue weighted by atomic mass is 9.99. The number of para-hydroxylation sites is 2. The van der Waals surface area contributed by atoms with Crippen molar-refractivity contribution in [2.45, 2.75) is 0 Å². The lowest BCUT2D eigenvalue weighted by Gasteiger charge is -2.16. The van der Waals surface area contributed by atoms with Gasteiger partial charge in [-0.3, -0.25) is 4.57 Å². The molecule has 0 bridgehead atoms. The van der Waals surface area contributed by atoms with Gasteiger partial charge in [-0.25, -0.2) is 19.9 Å². The molecule has 9 heteroatoms. The average molecular weight is 1290 g/mol. The predicted octanol–water partition coefficient (Wildman–Crippen LogP) is 25.3. The molecule has 22 rings (SSSR count). The standard InChI is InChI=1S/C44H25N3S.C22H13ClN2.C22H13NS/c1-2-13-28-25-29(22-21-26(28)11-1)40-44(46-41-30-14-4-3-12-27(30)23-24-35(41)45-40)47-36-19-9-7-17-33(36)39-42(47)32-16-6-5-15-31(32)38-34-18-8-10-20-37(34)48-43(38)39;23-22-20(17-10-9-14-5-1-2-7-16(14)13-17)24-19-12-11-15-6-3-4-8-18(15)21(19)25-22;1-2-8-14-13(7-1)19-16-10-4-6-12-18(16)24-22(19)20-15-9-3-5-11-17(15)23-21(14)20/h1-25H;1-13H;1-12,23H. The van der Waals surface area contributed by atoms with Gasteiger partial charge < -0.3 is 4.98 Å². The van der Waals surface area contributed by atoms with E-state index in [-0.39, 0.29) is 0 Å². The molecule has 0 unspecified atom stereocenters. The van der Waals surface area contributed by atoms with Crippen LogP contribution in [0.5, 0.6) is 0 Å². The molecule has 0 amide bonds. The molecule has 452 valence electrons. The summed E-state index contributed by atoms with van der Waals surface area (Å²) in [7, 11) is 0. The maximum atomic E-state index is 6.52. The molecule has 6 nitrogen and oxygen atoms in total. The van der Waals surface area contributed by atoms with Gasteiger partial charge in [0.1, 0.15) is 11.4 Å². The van der Waals surface area contributed by atoms with E-state index in [1.54, 1.807) is 0 Å². The second-order valence-electron chi connectivity index (χ2n) is 24.9. The van der Waals surface area contributed by atoms with Gasteiger partial charge in [0, 0.05) is 100 Å². The summed E-state index contributed by atoms with van der Waals surface area (Å²) in [5.74, 6) is 0.839. The van der Waals surface area contributed by atoms with Gasteiger partial charge in [-0.05, 0) is 91.6 Å². The van der Waals surface area contributed by atoms with Crippen molar-refractivity contribution in [3.63, 3.8) is 0 Å². The van der Waals surface area contributed by atoms with E-state index < -0.39 is 0 Å². The van der Waals surface area contributed by atoms with E-state index in [0.29, 0.717) is 5.15 Å². The number of aromatic amines is 1. The molecule has 0 aliphatic heterocycles. The number of fused-ring (bicyclic) bond motifs is 28. The number of nitrogens with zero attached hydrogens (tertiary/aromatic N) is 5. The van der Waals surface area contributed by atoms with Gasteiger partial charge in [0.15, 0.2) is 11.0 Å². The smallest absolute Gasteiger partial charge is 0.165 e. The average Bonchev–Trinajstić information content (AvgIpc) is 1.56. The monoisotopic (exact) mass is 1290 g/mol. The molecule has 0 aliphatic carbocycles. The topological polar surface area (TPSA) is 72.3 Å². The van der Waals surface area contributed by atoms with Crippen LogP contribution in [0.4, 0.5) is 0 Å². The highest BCUT2D eigenvalue weighted by Crippen LogP contribution is 2.50. The Morgan fingerprint density at radius 3 is 1.36 bits per heavy atom. The molecule has 6 aromatic heterocycles. The van der Waals surface area contributed by atoms with Crippen molar-refractivity contribution in [3.8, 4) is 28.3 Å². The zero-order chi connectivity index (χ0) is 63.8. The van der Waals surface area contributed by atoms with Crippen LogP contribution in [0.1, 0.15) is 0 Å². The van der Waals surface area contributed by atoms with Crippen molar-refractivity contribution in [2.75, 3.05) is 0 Å². The third kappa shape index (κ3) is 8.78. The first kappa shape index (κ1) is 55.5. The molecule has 0 radical (unpaired) electrons. The van der Waals surface area contributed by atoms with E-state index in [1.807, 2.05) is 59.1 Å². The molecule has 0 saturated carbocycles. The number of hydrogen-bond acceptors (Lipinski definition) is 6. The van der Waals surface area contributed by atoms with Crippen LogP contribution >= 0.6 is 34.3 Å². The second-order valence-corrected chi connectivity index (χ2v) is 27.3. The van der Waals surface area contributed by atoms with Crippen molar-refractivity contribution < 1.29 is 0 Å². The summed E-state index contributed by atoms with van der Waals surface area (Å²) in [6.07, 6.45) is 0. The zero-order valence-corrected chi connectivity index (χ0v) is 54.2. The molecular formula is C88H51ClN6S2. The van der Waals surface area contributed by atoms with Crippen LogP contribution < -0.4 is 0 Å². The summed E-state index contributed by atoms with van der Waals surface area (Å²) in [6, 6.07) is 107. The first-order valence-electron chi connectivity index (χ1n) is 32.5. The van der Waals surface area contributed by atoms with Crippen LogP contribution in [-0.4, -0.2) is 29.5 Å². The van der Waals surface area contributed by atoms with Crippen molar-refractivity contribution in [1.82, 2.24) is 29.5 Å². The highest BCUT2D eigenvalue weighted by Gasteiger charge is 2.26. The molecule has 22 aromatic rings. The van der Waals surface area contributed by atoms with Crippen LogP contribution in [0.25, 0.3) is 199 Å². The quantitative estimate of drug-likeness (QED) is 0.179. The number of hydrogen-bond donors (Lipinski definition) is 1. The molecule has 0 fully saturated rings. The molecular weight excluding hydrogens is 1240 g/mol. The van der Waals surface area contributed by atoms with Crippen molar-refractivity contribution in [1.29, 1.82) is 0 Å². The molecule has 0 saturated heterocycles. The van der Waals surface area contributed by atoms with Crippen LogP contribution in [0.2, 0.25) is 5.15 Å². The fraction of sp³-hybridized carbons (Fsp3) is 0. The fourth-order valence-corrected chi connectivity index (χ4v) is 17.9. The molecule has 1 N–H and O–H groups in total. The fourth-order valence-electron chi connectivity index (χ4n) is 15.1. The molecule has 97 heavy (non-hydrogen) atoms. The third-order valence-electron chi connectivity index (χ3n) is 19.5. The van der Waals surface area contributed by atoms with E-state index in [2.05, 4.69) is 281 Å². The highest BCUT2D eigenvalue weighted by molar-refractivity contribution is 7.27. The Hall–Kier alpha value is -11.9. The van der Waals surface area contributed by atoms with Crippen LogP contribution in [0.15, 0.2) is 303 Å². The van der Waals surface area contributed by atoms with Gasteiger partial charge in [0.2, 0.25) is 0 Å². The number of benzene rings is 16. The van der Waals surface area contributed by atoms with Gasteiger partial charge in [0.25, 0.3) is 0 Å². The van der Waals surface area contributed by atoms with E-state index in [9.17, 15) is 0 Å². The lowest BCUT2D eigenvalue weighted by Crippen LogP contribution is -2.04. The Morgan fingerprint density at radius 2 is 0.742 bits per heavy atom. The zero-order valence-electron chi connectivity index (χ0n) is 51.8. The van der Waals surface area contributed by atoms with Gasteiger partial charge >= 0.3 is 0 Å². The predicted molar refractivity (Wildman–Crippen MR) is 416 cm³/mol. The number of halogens is 1. The Morgan fingerprint density at radius 1 is 0.309 bits per heavy atom. The minimum Gasteiger partial charge on any atom is -0.354 e. The maximum absolute atomic E-state index is 6.52. The lowest BCUT2D eigenvalue weighted by molar-refractivity contribution is 1.09. The number of rotatable bonds is 3. The SMILES string of the molecule is Clc1nc2c(ccc3ccccc32)nc1-c1ccc2ccccc2c1.c1ccc2c(c1)[nH]c1c3ccccc3c3c4ccccc4sc3c21.c1ccc2cc(-c3nc4ccc5ccccc5c4nc3-n3c4ccccc4c4c5sc6ccccc6c5c5ccccc5c43)ccc2c1. The van der Waals surface area contributed by atoms with Crippen molar-refractivity contribution in [3.05, 3.63) is 308 Å².